The van der Waals surface area contributed by atoms with E-state index in [4.69, 9.17) is 9.51 Å². The molecule has 6 nitrogen and oxygen atoms in total. The Morgan fingerprint density at radius 3 is 2.67 bits per heavy atom. The maximum atomic E-state index is 12.3. The van der Waals surface area contributed by atoms with Crippen LogP contribution in [0.15, 0.2) is 22.7 Å². The van der Waals surface area contributed by atoms with Gasteiger partial charge >= 0.3 is 0 Å². The van der Waals surface area contributed by atoms with Crippen LogP contribution in [0.4, 0.5) is 0 Å². The summed E-state index contributed by atoms with van der Waals surface area (Å²) >= 11 is 0. The van der Waals surface area contributed by atoms with Gasteiger partial charge in [0.1, 0.15) is 11.6 Å². The Bertz CT molecular complexity index is 993. The molecule has 4 rings (SSSR count). The Morgan fingerprint density at radius 2 is 2.11 bits per heavy atom. The molecule has 142 valence electrons. The number of imidazole rings is 1. The number of fused-ring (bicyclic) bond motifs is 1. The summed E-state index contributed by atoms with van der Waals surface area (Å²) in [5.41, 5.74) is 4.97. The largest absolute Gasteiger partial charge is 0.361 e. The first kappa shape index (κ1) is 17.8. The van der Waals surface area contributed by atoms with Crippen LogP contribution in [-0.4, -0.2) is 31.6 Å². The fourth-order valence-corrected chi connectivity index (χ4v) is 4.15. The summed E-state index contributed by atoms with van der Waals surface area (Å²) in [6, 6.07) is 6.65. The van der Waals surface area contributed by atoms with E-state index in [1.54, 1.807) is 6.92 Å². The summed E-state index contributed by atoms with van der Waals surface area (Å²) in [5.74, 6) is 1.89. The molecule has 0 aliphatic heterocycles. The first-order valence-electron chi connectivity index (χ1n) is 9.60. The lowest BCUT2D eigenvalue weighted by Crippen LogP contribution is -2.36. The second-order valence-corrected chi connectivity index (χ2v) is 7.51. The Balaban J connectivity index is 1.80. The maximum Gasteiger partial charge on any atom is 0.220 e. The molecule has 0 bridgehead atoms. The van der Waals surface area contributed by atoms with E-state index in [1.807, 2.05) is 25.8 Å². The van der Waals surface area contributed by atoms with Gasteiger partial charge in [-0.15, -0.1) is 0 Å². The van der Waals surface area contributed by atoms with Crippen LogP contribution in [0.5, 0.6) is 0 Å². The smallest absolute Gasteiger partial charge is 0.220 e. The number of nitrogens with zero attached hydrogens (tertiary/aromatic N) is 4. The van der Waals surface area contributed by atoms with Crippen molar-refractivity contribution < 1.29 is 9.32 Å². The average molecular weight is 366 g/mol. The standard InChI is InChI=1S/C21H26N4O2/c1-6-18(25(14(4)26)16-8-9-16)21-22-17-11-15(7-10-19(17)24(21)5)20-12(2)23-27-13(20)3/h7,10-11,16,18H,6,8-9H2,1-5H3. The third-order valence-corrected chi connectivity index (χ3v) is 5.56. The second kappa shape index (κ2) is 6.51. The highest BCUT2D eigenvalue weighted by atomic mass is 16.5. The van der Waals surface area contributed by atoms with Gasteiger partial charge in [-0.1, -0.05) is 18.1 Å². The van der Waals surface area contributed by atoms with Gasteiger partial charge in [0.25, 0.3) is 0 Å². The molecule has 27 heavy (non-hydrogen) atoms. The third kappa shape index (κ3) is 2.93. The van der Waals surface area contributed by atoms with E-state index in [9.17, 15) is 4.79 Å². The van der Waals surface area contributed by atoms with Crippen molar-refractivity contribution in [1.82, 2.24) is 19.6 Å². The maximum absolute atomic E-state index is 12.3. The number of aryl methyl sites for hydroxylation is 3. The van der Waals surface area contributed by atoms with Gasteiger partial charge in [-0.25, -0.2) is 4.98 Å². The summed E-state index contributed by atoms with van der Waals surface area (Å²) in [5, 5.41) is 4.06. The molecule has 1 unspecified atom stereocenters. The molecule has 0 spiro atoms. The zero-order valence-electron chi connectivity index (χ0n) is 16.6. The average Bonchev–Trinajstić information content (AvgIpc) is 3.34. The van der Waals surface area contributed by atoms with E-state index in [1.165, 1.54) is 0 Å². The molecule has 1 saturated carbocycles. The molecule has 2 heterocycles. The van der Waals surface area contributed by atoms with Crippen LogP contribution in [0.2, 0.25) is 0 Å². The van der Waals surface area contributed by atoms with E-state index >= 15 is 0 Å². The number of hydrogen-bond acceptors (Lipinski definition) is 4. The van der Waals surface area contributed by atoms with Gasteiger partial charge in [-0.05, 0) is 50.8 Å². The number of rotatable bonds is 5. The zero-order valence-corrected chi connectivity index (χ0v) is 16.6. The van der Waals surface area contributed by atoms with Crippen LogP contribution in [0.1, 0.15) is 56.4 Å². The number of hydrogen-bond donors (Lipinski definition) is 0. The monoisotopic (exact) mass is 366 g/mol. The number of aromatic nitrogens is 3. The van der Waals surface area contributed by atoms with Crippen LogP contribution in [0, 0.1) is 13.8 Å². The Hall–Kier alpha value is -2.63. The molecule has 0 saturated heterocycles. The van der Waals surface area contributed by atoms with E-state index < -0.39 is 0 Å². The molecule has 1 fully saturated rings. The van der Waals surface area contributed by atoms with Crippen molar-refractivity contribution in [2.24, 2.45) is 7.05 Å². The molecular weight excluding hydrogens is 340 g/mol. The summed E-state index contributed by atoms with van der Waals surface area (Å²) in [6.07, 6.45) is 3.04. The number of carbonyl (C=O) groups is 1. The van der Waals surface area contributed by atoms with E-state index in [2.05, 4.69) is 34.8 Å². The minimum Gasteiger partial charge on any atom is -0.361 e. The highest BCUT2D eigenvalue weighted by Gasteiger charge is 2.37. The van der Waals surface area contributed by atoms with Gasteiger partial charge in [0.2, 0.25) is 5.91 Å². The van der Waals surface area contributed by atoms with Crippen molar-refractivity contribution in [2.45, 2.75) is 59.0 Å². The first-order valence-corrected chi connectivity index (χ1v) is 9.60. The van der Waals surface area contributed by atoms with Gasteiger partial charge in [-0.3, -0.25) is 4.79 Å². The molecule has 3 aromatic rings. The van der Waals surface area contributed by atoms with Crippen molar-refractivity contribution in [2.75, 3.05) is 0 Å². The molecule has 1 aliphatic rings. The SMILES string of the molecule is CCC(c1nc2cc(-c3c(C)noc3C)ccc2n1C)N(C(C)=O)C1CC1. The van der Waals surface area contributed by atoms with E-state index in [0.29, 0.717) is 6.04 Å². The minimum absolute atomic E-state index is 0.00918. The van der Waals surface area contributed by atoms with Crippen LogP contribution in [0.3, 0.4) is 0 Å². The number of amides is 1. The normalized spacial score (nSPS) is 15.3. The highest BCUT2D eigenvalue weighted by molar-refractivity contribution is 5.84. The van der Waals surface area contributed by atoms with Gasteiger partial charge in [0.15, 0.2) is 0 Å². The molecular formula is C21H26N4O2. The van der Waals surface area contributed by atoms with Crippen molar-refractivity contribution in [3.05, 3.63) is 35.5 Å². The lowest BCUT2D eigenvalue weighted by Gasteiger charge is -2.30. The quantitative estimate of drug-likeness (QED) is 0.675. The molecule has 2 aromatic heterocycles. The molecule has 1 amide bonds. The third-order valence-electron chi connectivity index (χ3n) is 5.56. The fraction of sp³-hybridized carbons (Fsp3) is 0.476. The lowest BCUT2D eigenvalue weighted by molar-refractivity contribution is -0.132. The Morgan fingerprint density at radius 1 is 1.37 bits per heavy atom. The van der Waals surface area contributed by atoms with Gasteiger partial charge < -0.3 is 14.0 Å². The van der Waals surface area contributed by atoms with E-state index in [0.717, 1.165) is 58.7 Å². The summed E-state index contributed by atoms with van der Waals surface area (Å²) in [4.78, 5) is 19.3. The van der Waals surface area contributed by atoms with Crippen LogP contribution in [0.25, 0.3) is 22.2 Å². The van der Waals surface area contributed by atoms with Gasteiger partial charge in [-0.2, -0.15) is 0 Å². The predicted octanol–water partition coefficient (Wildman–Crippen LogP) is 4.31. The predicted molar refractivity (Wildman–Crippen MR) is 104 cm³/mol. The second-order valence-electron chi connectivity index (χ2n) is 7.51. The van der Waals surface area contributed by atoms with E-state index in [-0.39, 0.29) is 11.9 Å². The van der Waals surface area contributed by atoms with Crippen LogP contribution >= 0.6 is 0 Å². The number of carbonyl (C=O) groups excluding carboxylic acids is 1. The fourth-order valence-electron chi connectivity index (χ4n) is 4.15. The van der Waals surface area contributed by atoms with Crippen LogP contribution < -0.4 is 0 Å². The summed E-state index contributed by atoms with van der Waals surface area (Å²) < 4.78 is 7.44. The summed E-state index contributed by atoms with van der Waals surface area (Å²) in [6.45, 7) is 7.67. The topological polar surface area (TPSA) is 64.2 Å². The minimum atomic E-state index is 0.00918. The molecule has 0 N–H and O–H groups in total. The highest BCUT2D eigenvalue weighted by Crippen LogP contribution is 2.37. The first-order chi connectivity index (χ1) is 12.9. The van der Waals surface area contributed by atoms with Crippen LogP contribution in [-0.2, 0) is 11.8 Å². The van der Waals surface area contributed by atoms with Gasteiger partial charge in [0.05, 0.1) is 22.8 Å². The molecule has 1 aliphatic carbocycles. The number of benzene rings is 1. The Kier molecular flexibility index (Phi) is 4.29. The van der Waals surface area contributed by atoms with Gasteiger partial charge in [0, 0.05) is 25.6 Å². The summed E-state index contributed by atoms with van der Waals surface area (Å²) in [7, 11) is 2.04. The molecule has 1 atom stereocenters. The van der Waals surface area contributed by atoms with Crippen molar-refractivity contribution in [1.29, 1.82) is 0 Å². The molecule has 6 heteroatoms. The Labute approximate surface area is 159 Å². The lowest BCUT2D eigenvalue weighted by atomic mass is 10.0. The molecule has 0 radical (unpaired) electrons. The van der Waals surface area contributed by atoms with Crippen molar-refractivity contribution in [3.63, 3.8) is 0 Å². The zero-order chi connectivity index (χ0) is 19.3. The van der Waals surface area contributed by atoms with Crippen molar-refractivity contribution in [3.8, 4) is 11.1 Å². The van der Waals surface area contributed by atoms with Crippen molar-refractivity contribution >= 4 is 16.9 Å². The molecule has 1 aromatic carbocycles.